The van der Waals surface area contributed by atoms with Crippen molar-refractivity contribution in [3.05, 3.63) is 29.8 Å². The van der Waals surface area contributed by atoms with Crippen LogP contribution in [0.5, 0.6) is 5.75 Å². The van der Waals surface area contributed by atoms with Crippen molar-refractivity contribution in [3.8, 4) is 5.75 Å². The first-order chi connectivity index (χ1) is 8.36. The normalized spacial score (nSPS) is 26.7. The summed E-state index contributed by atoms with van der Waals surface area (Å²) in [7, 11) is -1.55. The molecule has 1 aromatic carbocycles. The third kappa shape index (κ3) is 2.35. The molecule has 4 nitrogen and oxygen atoms in total. The molecule has 0 amide bonds. The van der Waals surface area contributed by atoms with E-state index in [0.29, 0.717) is 0 Å². The maximum Gasteiger partial charge on any atom is 0.151 e. The van der Waals surface area contributed by atoms with Crippen molar-refractivity contribution < 1.29 is 13.2 Å². The number of thiocarbonyl (C=S) groups is 1. The molecule has 0 radical (unpaired) electrons. The van der Waals surface area contributed by atoms with Gasteiger partial charge < -0.3 is 10.5 Å². The second-order valence-corrected chi connectivity index (χ2v) is 7.20. The largest absolute Gasteiger partial charge is 0.497 e. The zero-order valence-corrected chi connectivity index (χ0v) is 11.8. The van der Waals surface area contributed by atoms with Gasteiger partial charge in [0.25, 0.3) is 0 Å². The van der Waals surface area contributed by atoms with Crippen LogP contribution in [0.15, 0.2) is 24.3 Å². The quantitative estimate of drug-likeness (QED) is 0.839. The van der Waals surface area contributed by atoms with E-state index in [-0.39, 0.29) is 16.8 Å². The molecule has 6 heteroatoms. The van der Waals surface area contributed by atoms with Gasteiger partial charge in [0.05, 0.1) is 17.3 Å². The summed E-state index contributed by atoms with van der Waals surface area (Å²) in [4.78, 5) is 0.270. The fourth-order valence-electron chi connectivity index (χ4n) is 2.38. The summed E-state index contributed by atoms with van der Waals surface area (Å²) in [5.41, 5.74) is 6.55. The summed E-state index contributed by atoms with van der Waals surface area (Å²) in [6.45, 7) is 0. The van der Waals surface area contributed by atoms with Crippen LogP contribution >= 0.6 is 12.2 Å². The molecule has 3 atom stereocenters. The van der Waals surface area contributed by atoms with Crippen molar-refractivity contribution >= 4 is 27.0 Å². The van der Waals surface area contributed by atoms with Crippen LogP contribution in [-0.2, 0) is 9.84 Å². The summed E-state index contributed by atoms with van der Waals surface area (Å²) in [6, 6.07) is 7.34. The highest BCUT2D eigenvalue weighted by atomic mass is 32.2. The van der Waals surface area contributed by atoms with Gasteiger partial charge in [-0.2, -0.15) is 0 Å². The van der Waals surface area contributed by atoms with E-state index >= 15 is 0 Å². The molecule has 98 valence electrons. The van der Waals surface area contributed by atoms with Gasteiger partial charge in [-0.25, -0.2) is 8.42 Å². The Labute approximate surface area is 112 Å². The first-order valence-electron chi connectivity index (χ1n) is 5.48. The molecule has 2 N–H and O–H groups in total. The Morgan fingerprint density at radius 3 is 2.22 bits per heavy atom. The van der Waals surface area contributed by atoms with Crippen LogP contribution in [0.3, 0.4) is 0 Å². The van der Waals surface area contributed by atoms with Crippen LogP contribution in [0, 0.1) is 5.92 Å². The molecule has 1 aliphatic carbocycles. The van der Waals surface area contributed by atoms with E-state index in [4.69, 9.17) is 22.7 Å². The van der Waals surface area contributed by atoms with E-state index in [1.54, 1.807) is 7.11 Å². The molecular weight excluding hydrogens is 270 g/mol. The minimum atomic E-state index is -3.14. The smallest absolute Gasteiger partial charge is 0.151 e. The van der Waals surface area contributed by atoms with Gasteiger partial charge in [0, 0.05) is 18.1 Å². The molecule has 1 aliphatic rings. The molecule has 18 heavy (non-hydrogen) atoms. The number of hydrogen-bond acceptors (Lipinski definition) is 4. The second kappa shape index (κ2) is 4.51. The number of methoxy groups -OCH3 is 1. The van der Waals surface area contributed by atoms with Crippen LogP contribution < -0.4 is 10.5 Å². The van der Waals surface area contributed by atoms with Gasteiger partial charge in [0.15, 0.2) is 9.84 Å². The second-order valence-electron chi connectivity index (χ2n) is 4.52. The molecule has 0 aromatic heterocycles. The Kier molecular flexibility index (Phi) is 3.33. The van der Waals surface area contributed by atoms with Crippen molar-refractivity contribution in [2.24, 2.45) is 11.7 Å². The van der Waals surface area contributed by atoms with Crippen LogP contribution in [0.25, 0.3) is 0 Å². The van der Waals surface area contributed by atoms with E-state index in [1.807, 2.05) is 24.3 Å². The summed E-state index contributed by atoms with van der Waals surface area (Å²) in [6.07, 6.45) is 1.23. The zero-order valence-electron chi connectivity index (χ0n) is 10.2. The molecule has 0 heterocycles. The molecule has 0 spiro atoms. The van der Waals surface area contributed by atoms with Crippen molar-refractivity contribution in [3.63, 3.8) is 0 Å². The Morgan fingerprint density at radius 1 is 1.33 bits per heavy atom. The highest BCUT2D eigenvalue weighted by Crippen LogP contribution is 2.52. The monoisotopic (exact) mass is 285 g/mol. The molecule has 0 aliphatic heterocycles. The molecule has 0 unspecified atom stereocenters. The van der Waals surface area contributed by atoms with E-state index in [9.17, 15) is 8.42 Å². The van der Waals surface area contributed by atoms with Crippen LogP contribution in [0.4, 0.5) is 0 Å². The fraction of sp³-hybridized carbons (Fsp3) is 0.417. The molecule has 0 saturated heterocycles. The van der Waals surface area contributed by atoms with Gasteiger partial charge in [-0.1, -0.05) is 24.4 Å². The lowest BCUT2D eigenvalue weighted by atomic mass is 10.1. The lowest BCUT2D eigenvalue weighted by Crippen LogP contribution is -2.16. The number of hydrogen-bond donors (Lipinski definition) is 1. The van der Waals surface area contributed by atoms with E-state index < -0.39 is 15.1 Å². The van der Waals surface area contributed by atoms with Gasteiger partial charge in [0.2, 0.25) is 0 Å². The van der Waals surface area contributed by atoms with Crippen molar-refractivity contribution in [1.29, 1.82) is 0 Å². The number of nitrogens with two attached hydrogens (primary N) is 1. The number of rotatable bonds is 4. The number of sulfone groups is 1. The minimum Gasteiger partial charge on any atom is -0.497 e. The van der Waals surface area contributed by atoms with Gasteiger partial charge in [0.1, 0.15) is 5.75 Å². The highest BCUT2D eigenvalue weighted by Gasteiger charge is 2.58. The fourth-order valence-corrected chi connectivity index (χ4v) is 4.37. The Hall–Kier alpha value is -1.14. The van der Waals surface area contributed by atoms with E-state index in [2.05, 4.69) is 0 Å². The molecular formula is C12H15NO3S2. The standard InChI is InChI=1S/C12H15NO3S2/c1-16-8-5-3-7(4-6-8)9-10(12(13)17)11(9)18(2,14)15/h3-6,9-11H,1-2H3,(H2,13,17)/t9-,10-,11+/m1/s1. The summed E-state index contributed by atoms with van der Waals surface area (Å²) >= 11 is 4.94. The number of ether oxygens (including phenoxy) is 1. The summed E-state index contributed by atoms with van der Waals surface area (Å²) in [5.74, 6) is 0.369. The molecule has 1 aromatic rings. The van der Waals surface area contributed by atoms with Gasteiger partial charge in [-0.15, -0.1) is 0 Å². The molecule has 1 fully saturated rings. The van der Waals surface area contributed by atoms with Crippen molar-refractivity contribution in [1.82, 2.24) is 0 Å². The SMILES string of the molecule is COc1ccc([C@@H]2[C@@H](C(N)=S)[C@H]2S(C)(=O)=O)cc1. The minimum absolute atomic E-state index is 0.122. The first-order valence-corrected chi connectivity index (χ1v) is 7.84. The average Bonchev–Trinajstić information content (AvgIpc) is 3.04. The topological polar surface area (TPSA) is 69.4 Å². The predicted molar refractivity (Wildman–Crippen MR) is 74.6 cm³/mol. The number of benzene rings is 1. The van der Waals surface area contributed by atoms with Crippen molar-refractivity contribution in [2.45, 2.75) is 11.2 Å². The molecule has 0 bridgehead atoms. The summed E-state index contributed by atoms with van der Waals surface area (Å²) < 4.78 is 28.4. The first kappa shape index (κ1) is 13.3. The van der Waals surface area contributed by atoms with Gasteiger partial charge in [-0.3, -0.25) is 0 Å². The lowest BCUT2D eigenvalue weighted by molar-refractivity contribution is 0.414. The van der Waals surface area contributed by atoms with Crippen LogP contribution in [0.2, 0.25) is 0 Å². The van der Waals surface area contributed by atoms with Crippen molar-refractivity contribution in [2.75, 3.05) is 13.4 Å². The Bertz CT molecular complexity index is 565. The predicted octanol–water partition coefficient (Wildman–Crippen LogP) is 1.11. The van der Waals surface area contributed by atoms with Crippen LogP contribution in [-0.4, -0.2) is 32.0 Å². The Morgan fingerprint density at radius 2 is 1.89 bits per heavy atom. The lowest BCUT2D eigenvalue weighted by Gasteiger charge is -2.02. The highest BCUT2D eigenvalue weighted by molar-refractivity contribution is 7.91. The van der Waals surface area contributed by atoms with E-state index in [1.165, 1.54) is 6.26 Å². The Balaban J connectivity index is 2.30. The average molecular weight is 285 g/mol. The third-order valence-corrected chi connectivity index (χ3v) is 5.12. The van der Waals surface area contributed by atoms with Gasteiger partial charge >= 0.3 is 0 Å². The third-order valence-electron chi connectivity index (χ3n) is 3.28. The maximum absolute atomic E-state index is 11.7. The van der Waals surface area contributed by atoms with Crippen LogP contribution in [0.1, 0.15) is 11.5 Å². The van der Waals surface area contributed by atoms with Gasteiger partial charge in [-0.05, 0) is 17.7 Å². The molecule has 1 saturated carbocycles. The van der Waals surface area contributed by atoms with E-state index in [0.717, 1.165) is 11.3 Å². The molecule has 2 rings (SSSR count). The summed E-state index contributed by atoms with van der Waals surface area (Å²) in [5, 5.41) is -0.483. The zero-order chi connectivity index (χ0) is 13.5. The maximum atomic E-state index is 11.7.